The summed E-state index contributed by atoms with van der Waals surface area (Å²) in [6.07, 6.45) is 0. The molecule has 0 heterocycles. The molecular weight excluding hydrogens is 226 g/mol. The number of urea groups is 1. The van der Waals surface area contributed by atoms with Crippen LogP contribution in [-0.4, -0.2) is 22.2 Å². The van der Waals surface area contributed by atoms with Crippen LogP contribution in [-0.2, 0) is 0 Å². The van der Waals surface area contributed by atoms with Gasteiger partial charge in [0.1, 0.15) is 11.6 Å². The molecule has 0 fully saturated rings. The molecule has 0 spiro atoms. The lowest BCUT2D eigenvalue weighted by Gasteiger charge is -2.46. The van der Waals surface area contributed by atoms with Crippen LogP contribution in [0.5, 0.6) is 0 Å². The van der Waals surface area contributed by atoms with Gasteiger partial charge in [-0.3, -0.25) is 0 Å². The molecule has 4 nitrogen and oxygen atoms in total. The highest BCUT2D eigenvalue weighted by Gasteiger charge is 2.50. The van der Waals surface area contributed by atoms with Crippen molar-refractivity contribution in [2.75, 3.05) is 5.43 Å². The number of nitrogens with two attached hydrogens (primary N) is 1. The quantitative estimate of drug-likeness (QED) is 0.639. The molecule has 1 atom stereocenters. The van der Waals surface area contributed by atoms with Crippen LogP contribution in [0, 0.1) is 0 Å². The van der Waals surface area contributed by atoms with E-state index < -0.39 is 0 Å². The molecule has 0 saturated heterocycles. The highest BCUT2D eigenvalue weighted by Crippen LogP contribution is 2.29. The number of amides is 2. The topological polar surface area (TPSA) is 55.1 Å². The fourth-order valence-corrected chi connectivity index (χ4v) is 2.43. The number of quaternary nitrogens is 1. The molecule has 0 aliphatic rings. The molecule has 0 bridgehead atoms. The maximum atomic E-state index is 12.0. The maximum Gasteiger partial charge on any atom is 0.439 e. The number of carbonyl (C=O) groups excluding carboxylic acids is 1. The molecule has 1 aromatic rings. The highest BCUT2D eigenvalue weighted by atomic mass is 16.2. The molecule has 1 unspecified atom stereocenters. The normalized spacial score (nSPS) is 15.2. The Morgan fingerprint density at radius 1 is 1.22 bits per heavy atom. The molecule has 0 aliphatic heterocycles. The first-order valence-corrected chi connectivity index (χ1v) is 6.24. The SMILES string of the molecule is CC(C)[N+](Nc1ccccc1)(C(N)=O)C(C)(C)C. The minimum Gasteiger partial charge on any atom is -0.317 e. The van der Waals surface area contributed by atoms with Gasteiger partial charge in [0.15, 0.2) is 0 Å². The average molecular weight is 250 g/mol. The van der Waals surface area contributed by atoms with Crippen molar-refractivity contribution in [3.8, 4) is 0 Å². The molecule has 1 rings (SSSR count). The van der Waals surface area contributed by atoms with Crippen LogP contribution in [0.1, 0.15) is 34.6 Å². The molecule has 18 heavy (non-hydrogen) atoms. The molecule has 0 aliphatic carbocycles. The minimum atomic E-state index is -0.374. The third kappa shape index (κ3) is 2.48. The van der Waals surface area contributed by atoms with Crippen LogP contribution in [0.2, 0.25) is 0 Å². The number of hydrogen-bond acceptors (Lipinski definition) is 2. The zero-order valence-corrected chi connectivity index (χ0v) is 11.9. The van der Waals surface area contributed by atoms with Gasteiger partial charge in [-0.2, -0.15) is 0 Å². The van der Waals surface area contributed by atoms with E-state index in [9.17, 15) is 4.79 Å². The van der Waals surface area contributed by atoms with E-state index in [0.717, 1.165) is 5.69 Å². The average Bonchev–Trinajstić information content (AvgIpc) is 2.24. The molecule has 0 aromatic heterocycles. The Hall–Kier alpha value is -1.55. The molecular formula is C14H24N3O+. The van der Waals surface area contributed by atoms with E-state index in [2.05, 4.69) is 5.43 Å². The van der Waals surface area contributed by atoms with Gasteiger partial charge >= 0.3 is 6.03 Å². The fraction of sp³-hybridized carbons (Fsp3) is 0.500. The predicted molar refractivity (Wildman–Crippen MR) is 74.8 cm³/mol. The summed E-state index contributed by atoms with van der Waals surface area (Å²) in [4.78, 5) is 12.0. The highest BCUT2D eigenvalue weighted by molar-refractivity contribution is 5.66. The van der Waals surface area contributed by atoms with Crippen LogP contribution in [0.15, 0.2) is 30.3 Å². The third-order valence-corrected chi connectivity index (χ3v) is 3.26. The van der Waals surface area contributed by atoms with Crippen molar-refractivity contribution in [1.82, 2.24) is 0 Å². The number of nitrogens with zero attached hydrogens (tertiary/aromatic N) is 1. The van der Waals surface area contributed by atoms with Gasteiger partial charge < -0.3 is 5.73 Å². The summed E-state index contributed by atoms with van der Waals surface area (Å²) in [5.41, 5.74) is 9.52. The van der Waals surface area contributed by atoms with Crippen LogP contribution in [0.3, 0.4) is 0 Å². The first-order valence-electron chi connectivity index (χ1n) is 6.24. The summed E-state index contributed by atoms with van der Waals surface area (Å²) in [5.74, 6) is 0. The van der Waals surface area contributed by atoms with Gasteiger partial charge in [0.05, 0.1) is 5.69 Å². The van der Waals surface area contributed by atoms with Crippen LogP contribution in [0.4, 0.5) is 10.5 Å². The lowest BCUT2D eigenvalue weighted by Crippen LogP contribution is -2.71. The van der Waals surface area contributed by atoms with E-state index in [0.29, 0.717) is 0 Å². The Labute approximate surface area is 109 Å². The van der Waals surface area contributed by atoms with Crippen LogP contribution < -0.4 is 11.2 Å². The van der Waals surface area contributed by atoms with Crippen molar-refractivity contribution in [2.24, 2.45) is 5.73 Å². The standard InChI is InChI=1S/C14H23N3O/c1-11(2)17(13(15)18,14(3,4)5)16-12-9-7-6-8-10-12/h6-11,16H,1-5H3,(H-,15,18)/p+1. The Bertz CT molecular complexity index is 409. The van der Waals surface area contributed by atoms with Crippen molar-refractivity contribution in [3.05, 3.63) is 30.3 Å². The molecule has 2 amide bonds. The van der Waals surface area contributed by atoms with Gasteiger partial charge in [-0.1, -0.05) is 18.2 Å². The summed E-state index contributed by atoms with van der Waals surface area (Å²) in [6.45, 7) is 10.0. The summed E-state index contributed by atoms with van der Waals surface area (Å²) in [6, 6.07) is 9.33. The van der Waals surface area contributed by atoms with Gasteiger partial charge in [0, 0.05) is 0 Å². The van der Waals surface area contributed by atoms with Crippen LogP contribution >= 0.6 is 0 Å². The molecule has 1 aromatic carbocycles. The number of carbonyl (C=O) groups is 1. The lowest BCUT2D eigenvalue weighted by molar-refractivity contribution is -0.896. The van der Waals surface area contributed by atoms with Crippen LogP contribution in [0.25, 0.3) is 0 Å². The van der Waals surface area contributed by atoms with Gasteiger partial charge in [-0.15, -0.1) is 4.59 Å². The molecule has 0 saturated carbocycles. The second-order valence-electron chi connectivity index (χ2n) is 5.80. The van der Waals surface area contributed by atoms with Gasteiger partial charge in [0.25, 0.3) is 0 Å². The van der Waals surface area contributed by atoms with E-state index in [1.54, 1.807) is 0 Å². The number of benzene rings is 1. The number of primary amides is 1. The van der Waals surface area contributed by atoms with Crippen molar-refractivity contribution < 1.29 is 9.39 Å². The number of rotatable bonds is 3. The Morgan fingerprint density at radius 2 is 1.72 bits per heavy atom. The second kappa shape index (κ2) is 4.98. The van der Waals surface area contributed by atoms with Crippen molar-refractivity contribution in [3.63, 3.8) is 0 Å². The Kier molecular flexibility index (Phi) is 4.02. The summed E-state index contributed by atoms with van der Waals surface area (Å²) < 4.78 is 0.0109. The number of anilines is 1. The molecule has 4 heteroatoms. The first-order chi connectivity index (χ1) is 8.22. The summed E-state index contributed by atoms with van der Waals surface area (Å²) in [7, 11) is 0. The van der Waals surface area contributed by atoms with E-state index in [4.69, 9.17) is 5.73 Å². The summed E-state index contributed by atoms with van der Waals surface area (Å²) in [5, 5.41) is 0. The molecule has 100 valence electrons. The van der Waals surface area contributed by atoms with Gasteiger partial charge in [-0.05, 0) is 46.8 Å². The van der Waals surface area contributed by atoms with Gasteiger partial charge in [0.2, 0.25) is 0 Å². The zero-order chi connectivity index (χ0) is 14.0. The lowest BCUT2D eigenvalue weighted by atomic mass is 10.0. The zero-order valence-electron chi connectivity index (χ0n) is 11.9. The van der Waals surface area contributed by atoms with E-state index in [-0.39, 0.29) is 22.2 Å². The summed E-state index contributed by atoms with van der Waals surface area (Å²) >= 11 is 0. The first kappa shape index (κ1) is 14.5. The fourth-order valence-electron chi connectivity index (χ4n) is 2.43. The minimum absolute atomic E-state index is 0.0109. The van der Waals surface area contributed by atoms with Gasteiger partial charge in [-0.25, -0.2) is 10.2 Å². The third-order valence-electron chi connectivity index (χ3n) is 3.26. The number of nitrogens with one attached hydrogen (secondary N) is 1. The predicted octanol–water partition coefficient (Wildman–Crippen LogP) is 3.12. The molecule has 0 radical (unpaired) electrons. The molecule has 3 N–H and O–H groups in total. The van der Waals surface area contributed by atoms with E-state index in [1.165, 1.54) is 0 Å². The monoisotopic (exact) mass is 250 g/mol. The maximum absolute atomic E-state index is 12.0. The number of para-hydroxylation sites is 1. The van der Waals surface area contributed by atoms with Crippen molar-refractivity contribution in [2.45, 2.75) is 46.2 Å². The van der Waals surface area contributed by atoms with E-state index in [1.807, 2.05) is 65.0 Å². The smallest absolute Gasteiger partial charge is 0.317 e. The van der Waals surface area contributed by atoms with E-state index >= 15 is 0 Å². The Morgan fingerprint density at radius 3 is 2.06 bits per heavy atom. The number of hydrogen-bond donors (Lipinski definition) is 2. The van der Waals surface area contributed by atoms with Crippen molar-refractivity contribution >= 4 is 11.7 Å². The van der Waals surface area contributed by atoms with Crippen molar-refractivity contribution in [1.29, 1.82) is 0 Å². The Balaban J connectivity index is 3.25. The second-order valence-corrected chi connectivity index (χ2v) is 5.80. The largest absolute Gasteiger partial charge is 0.439 e.